The molecule has 1 aliphatic heterocycles. The summed E-state index contributed by atoms with van der Waals surface area (Å²) < 4.78 is 80.6. The number of carbonyl (C=O) groups excluding carboxylic acids is 2. The molecule has 1 N–H and O–H groups in total. The lowest BCUT2D eigenvalue weighted by Crippen LogP contribution is -2.44. The van der Waals surface area contributed by atoms with Gasteiger partial charge in [-0.1, -0.05) is 48.3 Å². The highest BCUT2D eigenvalue weighted by Gasteiger charge is 2.58. The van der Waals surface area contributed by atoms with E-state index in [-0.39, 0.29) is 40.6 Å². The van der Waals surface area contributed by atoms with Crippen LogP contribution in [0.1, 0.15) is 48.3 Å². The first kappa shape index (κ1) is 31.5. The summed E-state index contributed by atoms with van der Waals surface area (Å²) in [5.74, 6) is -6.94. The molecule has 0 amide bonds. The number of ether oxygens (including phenoxy) is 1. The second kappa shape index (κ2) is 11.7. The number of nitrogens with one attached hydrogen (secondary N) is 1. The van der Waals surface area contributed by atoms with E-state index in [1.807, 2.05) is 0 Å². The van der Waals surface area contributed by atoms with E-state index >= 15 is 8.78 Å². The second-order valence-corrected chi connectivity index (χ2v) is 11.3. The zero-order chi connectivity index (χ0) is 31.0. The Hall–Kier alpha value is -3.46. The SMILES string of the molecule is Cc1ccc(C(C)(CC#N)C[C@@]2(c3ccc(Cl)cc3F)CN[C@@H](C(=O)OC(=O)C(F)(F)F)[C@@H]2c2cccc(Cl)c2F)o1. The molecule has 1 aliphatic rings. The van der Waals surface area contributed by atoms with E-state index in [2.05, 4.69) is 16.1 Å². The van der Waals surface area contributed by atoms with E-state index in [1.54, 1.807) is 26.0 Å². The lowest BCUT2D eigenvalue weighted by Gasteiger charge is -2.42. The smallest absolute Gasteiger partial charge is 0.466 e. The molecule has 0 saturated carbocycles. The Morgan fingerprint density at radius 1 is 1.17 bits per heavy atom. The van der Waals surface area contributed by atoms with E-state index in [4.69, 9.17) is 27.6 Å². The maximum Gasteiger partial charge on any atom is 0.491 e. The molecule has 42 heavy (non-hydrogen) atoms. The number of nitrogens with zero attached hydrogens (tertiary/aromatic N) is 1. The van der Waals surface area contributed by atoms with Gasteiger partial charge in [0.05, 0.1) is 11.1 Å². The molecular formula is C29H23Cl2F5N2O4. The van der Waals surface area contributed by atoms with Gasteiger partial charge in [0.2, 0.25) is 0 Å². The molecule has 1 fully saturated rings. The standard InChI is InChI=1S/C29H23Cl2F5N2O4/c1-15-6-9-21(41-15)27(2,10-11-37)13-28(18-8-7-16(30)12-20(18)32)14-38-24(25(39)42-26(40)29(34,35)36)22(28)17-4-3-5-19(31)23(17)33/h3-9,12,22,24,38H,10,13-14H2,1-2H3/t22-,24+,27?,28-/m0/s1. The fourth-order valence-electron chi connectivity index (χ4n) is 5.80. The zero-order valence-corrected chi connectivity index (χ0v) is 23.6. The molecule has 0 aliphatic carbocycles. The van der Waals surface area contributed by atoms with Gasteiger partial charge in [0.25, 0.3) is 0 Å². The average Bonchev–Trinajstić information content (AvgIpc) is 3.50. The van der Waals surface area contributed by atoms with Crippen molar-refractivity contribution >= 4 is 35.1 Å². The molecule has 1 saturated heterocycles. The number of benzene rings is 2. The first-order chi connectivity index (χ1) is 19.6. The van der Waals surface area contributed by atoms with Crippen molar-refractivity contribution < 1.29 is 40.7 Å². The molecule has 6 nitrogen and oxygen atoms in total. The lowest BCUT2D eigenvalue weighted by atomic mass is 9.59. The number of halogens is 7. The molecule has 13 heteroatoms. The monoisotopic (exact) mass is 628 g/mol. The van der Waals surface area contributed by atoms with Gasteiger partial charge in [0.1, 0.15) is 29.2 Å². The Morgan fingerprint density at radius 3 is 2.48 bits per heavy atom. The van der Waals surface area contributed by atoms with Gasteiger partial charge < -0.3 is 14.5 Å². The van der Waals surface area contributed by atoms with Crippen LogP contribution in [-0.4, -0.2) is 30.7 Å². The van der Waals surface area contributed by atoms with Crippen molar-refractivity contribution in [2.45, 2.75) is 55.7 Å². The summed E-state index contributed by atoms with van der Waals surface area (Å²) in [6, 6.07) is 11.1. The Kier molecular flexibility index (Phi) is 8.74. The predicted molar refractivity (Wildman–Crippen MR) is 142 cm³/mol. The summed E-state index contributed by atoms with van der Waals surface area (Å²) in [6.45, 7) is 3.02. The summed E-state index contributed by atoms with van der Waals surface area (Å²) in [5, 5.41) is 12.2. The zero-order valence-electron chi connectivity index (χ0n) is 22.1. The normalized spacial score (nSPS) is 21.9. The molecule has 222 valence electrons. The summed E-state index contributed by atoms with van der Waals surface area (Å²) >= 11 is 12.1. The van der Waals surface area contributed by atoms with Crippen molar-refractivity contribution in [3.8, 4) is 6.07 Å². The number of rotatable bonds is 7. The van der Waals surface area contributed by atoms with Crippen LogP contribution in [0, 0.1) is 29.9 Å². The topological polar surface area (TPSA) is 92.3 Å². The summed E-state index contributed by atoms with van der Waals surface area (Å²) in [6.07, 6.45) is -5.85. The minimum absolute atomic E-state index is 0.0241. The van der Waals surface area contributed by atoms with Gasteiger partial charge in [-0.3, -0.25) is 0 Å². The highest BCUT2D eigenvalue weighted by atomic mass is 35.5. The molecule has 0 radical (unpaired) electrons. The molecule has 1 aromatic heterocycles. The van der Waals surface area contributed by atoms with Crippen LogP contribution >= 0.6 is 23.2 Å². The van der Waals surface area contributed by atoms with E-state index in [0.29, 0.717) is 11.5 Å². The van der Waals surface area contributed by atoms with Crippen LogP contribution in [0.3, 0.4) is 0 Å². The molecule has 1 unspecified atom stereocenters. The van der Waals surface area contributed by atoms with Gasteiger partial charge in [-0.2, -0.15) is 18.4 Å². The Labute approximate surface area is 247 Å². The van der Waals surface area contributed by atoms with Gasteiger partial charge in [0.15, 0.2) is 0 Å². The highest BCUT2D eigenvalue weighted by Crippen LogP contribution is 2.54. The predicted octanol–water partition coefficient (Wildman–Crippen LogP) is 7.06. The second-order valence-electron chi connectivity index (χ2n) is 10.4. The molecule has 2 heterocycles. The Bertz CT molecular complexity index is 1570. The number of carbonyl (C=O) groups is 2. The Balaban J connectivity index is 2.00. The number of aryl methyl sites for hydroxylation is 1. The Morgan fingerprint density at radius 2 is 1.88 bits per heavy atom. The first-order valence-electron chi connectivity index (χ1n) is 12.5. The molecule has 0 bridgehead atoms. The number of hydrogen-bond acceptors (Lipinski definition) is 6. The maximum atomic E-state index is 15.8. The largest absolute Gasteiger partial charge is 0.491 e. The minimum Gasteiger partial charge on any atom is -0.466 e. The van der Waals surface area contributed by atoms with Gasteiger partial charge in [0, 0.05) is 34.7 Å². The molecule has 4 rings (SSSR count). The van der Waals surface area contributed by atoms with Crippen molar-refractivity contribution in [2.24, 2.45) is 0 Å². The molecule has 2 aromatic carbocycles. The summed E-state index contributed by atoms with van der Waals surface area (Å²) in [5.41, 5.74) is -3.17. The van der Waals surface area contributed by atoms with Gasteiger partial charge in [-0.25, -0.2) is 18.4 Å². The van der Waals surface area contributed by atoms with Crippen LogP contribution in [-0.2, 0) is 25.2 Å². The van der Waals surface area contributed by atoms with E-state index in [0.717, 1.165) is 6.07 Å². The van der Waals surface area contributed by atoms with Crippen molar-refractivity contribution in [1.29, 1.82) is 5.26 Å². The van der Waals surface area contributed by atoms with Crippen LogP contribution in [0.2, 0.25) is 10.0 Å². The van der Waals surface area contributed by atoms with Crippen LogP contribution in [0.4, 0.5) is 22.0 Å². The number of esters is 2. The van der Waals surface area contributed by atoms with Crippen molar-refractivity contribution in [3.05, 3.63) is 92.9 Å². The highest BCUT2D eigenvalue weighted by molar-refractivity contribution is 6.31. The van der Waals surface area contributed by atoms with Crippen molar-refractivity contribution in [1.82, 2.24) is 5.32 Å². The first-order valence-corrected chi connectivity index (χ1v) is 13.3. The fraction of sp³-hybridized carbons (Fsp3) is 0.345. The molecule has 0 spiro atoms. The summed E-state index contributed by atoms with van der Waals surface area (Å²) in [7, 11) is 0. The molecular weight excluding hydrogens is 606 g/mol. The maximum absolute atomic E-state index is 15.8. The van der Waals surface area contributed by atoms with Crippen molar-refractivity contribution in [2.75, 3.05) is 6.54 Å². The van der Waals surface area contributed by atoms with Crippen LogP contribution in [0.5, 0.6) is 0 Å². The number of hydrogen-bond donors (Lipinski definition) is 1. The van der Waals surface area contributed by atoms with Crippen LogP contribution in [0.25, 0.3) is 0 Å². The number of alkyl halides is 3. The molecule has 3 aromatic rings. The van der Waals surface area contributed by atoms with Gasteiger partial charge >= 0.3 is 18.1 Å². The third kappa shape index (κ3) is 5.89. The quantitative estimate of drug-likeness (QED) is 0.171. The van der Waals surface area contributed by atoms with Gasteiger partial charge in [-0.05, 0) is 54.8 Å². The van der Waals surface area contributed by atoms with Gasteiger partial charge in [-0.15, -0.1) is 0 Å². The summed E-state index contributed by atoms with van der Waals surface area (Å²) in [4.78, 5) is 24.8. The van der Waals surface area contributed by atoms with E-state index in [1.165, 1.54) is 30.3 Å². The molecule has 4 atom stereocenters. The van der Waals surface area contributed by atoms with Crippen LogP contribution < -0.4 is 5.32 Å². The van der Waals surface area contributed by atoms with Crippen LogP contribution in [0.15, 0.2) is 52.9 Å². The lowest BCUT2D eigenvalue weighted by molar-refractivity contribution is -0.202. The number of nitriles is 1. The third-order valence-corrected chi connectivity index (χ3v) is 8.07. The third-order valence-electron chi connectivity index (χ3n) is 7.54. The minimum atomic E-state index is -5.49. The average molecular weight is 629 g/mol. The fourth-order valence-corrected chi connectivity index (χ4v) is 6.14. The van der Waals surface area contributed by atoms with E-state index < -0.39 is 52.5 Å². The van der Waals surface area contributed by atoms with E-state index in [9.17, 15) is 28.0 Å². The van der Waals surface area contributed by atoms with Crippen molar-refractivity contribution in [3.63, 3.8) is 0 Å². The number of furan rings is 1.